The summed E-state index contributed by atoms with van der Waals surface area (Å²) in [4.78, 5) is 28.3. The molecule has 0 bridgehead atoms. The first-order chi connectivity index (χ1) is 18.2. The molecule has 0 fully saturated rings. The number of hydrogen-bond donors (Lipinski definition) is 2. The van der Waals surface area contributed by atoms with Crippen LogP contribution in [-0.4, -0.2) is 76.2 Å². The Morgan fingerprint density at radius 2 is 1.70 bits per heavy atom. The van der Waals surface area contributed by atoms with Crippen LogP contribution in [0.3, 0.4) is 0 Å². The summed E-state index contributed by atoms with van der Waals surface area (Å²) in [6.45, 7) is 10.6. The number of aromatic nitrogens is 2. The van der Waals surface area contributed by atoms with Gasteiger partial charge in [-0.1, -0.05) is 61.6 Å². The molecular weight excluding hydrogens is 569 g/mol. The third-order valence-corrected chi connectivity index (χ3v) is 7.55. The molecule has 0 atom stereocenters. The standard InChI is InChI=1S/C28H37N7O2S.2ClH/c1-19(2)29-12-13-34(18-27(37)33(5)35-16-23-8-6-7-9-24(23)17-35)26(36)15-30-25-14-22(11-10-20(25)3)28-32-31-21(4)38-28;;/h6-11,14,19,29-30H,12-13,15-18H2,1-5H3;2*1H. The van der Waals surface area contributed by atoms with Crippen LogP contribution in [0.25, 0.3) is 10.6 Å². The number of fused-ring (bicyclic) bond motifs is 1. The summed E-state index contributed by atoms with van der Waals surface area (Å²) < 4.78 is 0. The molecule has 218 valence electrons. The van der Waals surface area contributed by atoms with Crippen molar-refractivity contribution in [1.29, 1.82) is 0 Å². The Balaban J connectivity index is 0.00000280. The minimum absolute atomic E-state index is 0. The van der Waals surface area contributed by atoms with Crippen molar-refractivity contribution in [3.05, 3.63) is 64.2 Å². The van der Waals surface area contributed by atoms with Gasteiger partial charge in [-0.3, -0.25) is 14.6 Å². The van der Waals surface area contributed by atoms with Gasteiger partial charge in [0.1, 0.15) is 16.6 Å². The highest BCUT2D eigenvalue weighted by atomic mass is 35.5. The number of nitrogens with zero attached hydrogens (tertiary/aromatic N) is 5. The number of carbonyl (C=O) groups is 2. The van der Waals surface area contributed by atoms with Crippen LogP contribution in [0.4, 0.5) is 5.69 Å². The summed E-state index contributed by atoms with van der Waals surface area (Å²) in [5.41, 5.74) is 5.30. The van der Waals surface area contributed by atoms with Gasteiger partial charge in [-0.2, -0.15) is 0 Å². The van der Waals surface area contributed by atoms with Gasteiger partial charge in [-0.25, -0.2) is 5.01 Å². The lowest BCUT2D eigenvalue weighted by molar-refractivity contribution is -0.151. The molecule has 2 amide bonds. The number of hydrogen-bond acceptors (Lipinski definition) is 8. The van der Waals surface area contributed by atoms with E-state index in [4.69, 9.17) is 0 Å². The molecule has 2 N–H and O–H groups in total. The smallest absolute Gasteiger partial charge is 0.256 e. The van der Waals surface area contributed by atoms with Crippen LogP contribution in [-0.2, 0) is 22.7 Å². The first-order valence-electron chi connectivity index (χ1n) is 13.0. The fourth-order valence-electron chi connectivity index (χ4n) is 4.37. The highest BCUT2D eigenvalue weighted by Crippen LogP contribution is 2.28. The van der Waals surface area contributed by atoms with E-state index in [1.165, 1.54) is 22.5 Å². The highest BCUT2D eigenvalue weighted by Gasteiger charge is 2.27. The molecule has 3 aromatic rings. The van der Waals surface area contributed by atoms with E-state index in [-0.39, 0.29) is 49.7 Å². The summed E-state index contributed by atoms with van der Waals surface area (Å²) >= 11 is 1.53. The Morgan fingerprint density at radius 3 is 2.30 bits per heavy atom. The number of amides is 2. The zero-order chi connectivity index (χ0) is 27.2. The third kappa shape index (κ3) is 8.62. The number of aryl methyl sites for hydroxylation is 2. The van der Waals surface area contributed by atoms with Crippen LogP contribution in [0.1, 0.15) is 35.5 Å². The molecule has 2 heterocycles. The van der Waals surface area contributed by atoms with Gasteiger partial charge in [0.05, 0.1) is 6.54 Å². The molecule has 1 aliphatic heterocycles. The van der Waals surface area contributed by atoms with Crippen LogP contribution in [0.15, 0.2) is 42.5 Å². The van der Waals surface area contributed by atoms with Crippen LogP contribution in [0.5, 0.6) is 0 Å². The predicted octanol–water partition coefficient (Wildman–Crippen LogP) is 4.29. The van der Waals surface area contributed by atoms with Crippen molar-refractivity contribution >= 4 is 53.7 Å². The number of likely N-dealkylation sites (N-methyl/N-ethyl adjacent to an activating group) is 1. The average molecular weight is 609 g/mol. The number of halogens is 2. The molecule has 0 unspecified atom stereocenters. The number of benzene rings is 2. The zero-order valence-corrected chi connectivity index (χ0v) is 26.1. The fraction of sp³-hybridized carbons (Fsp3) is 0.429. The maximum Gasteiger partial charge on any atom is 0.256 e. The second-order valence-corrected chi connectivity index (χ2v) is 11.1. The van der Waals surface area contributed by atoms with Crippen LogP contribution < -0.4 is 10.6 Å². The second kappa shape index (κ2) is 15.3. The molecule has 0 saturated carbocycles. The van der Waals surface area contributed by atoms with Gasteiger partial charge in [-0.05, 0) is 36.6 Å². The second-order valence-electron chi connectivity index (χ2n) is 9.94. The van der Waals surface area contributed by atoms with Crippen LogP contribution in [0.2, 0.25) is 0 Å². The third-order valence-electron chi connectivity index (χ3n) is 6.66. The van der Waals surface area contributed by atoms with Gasteiger partial charge in [0.25, 0.3) is 5.91 Å². The Kier molecular flexibility index (Phi) is 12.8. The molecule has 0 aliphatic carbocycles. The van der Waals surface area contributed by atoms with Crippen molar-refractivity contribution in [1.82, 2.24) is 30.4 Å². The summed E-state index contributed by atoms with van der Waals surface area (Å²) in [5, 5.41) is 20.4. The Morgan fingerprint density at radius 1 is 1.02 bits per heavy atom. The fourth-order valence-corrected chi connectivity index (χ4v) is 5.06. The summed E-state index contributed by atoms with van der Waals surface area (Å²) in [6, 6.07) is 14.5. The summed E-state index contributed by atoms with van der Waals surface area (Å²) in [6.07, 6.45) is 0. The van der Waals surface area contributed by atoms with Gasteiger partial charge in [0.15, 0.2) is 0 Å². The first-order valence-corrected chi connectivity index (χ1v) is 13.8. The molecule has 9 nitrogen and oxygen atoms in total. The topological polar surface area (TPSA) is 93.7 Å². The van der Waals surface area contributed by atoms with Crippen LogP contribution in [0, 0.1) is 13.8 Å². The van der Waals surface area contributed by atoms with E-state index in [0.29, 0.717) is 32.2 Å². The predicted molar refractivity (Wildman–Crippen MR) is 166 cm³/mol. The molecule has 40 heavy (non-hydrogen) atoms. The van der Waals surface area contributed by atoms with Crippen molar-refractivity contribution in [2.45, 2.75) is 46.8 Å². The molecule has 1 aromatic heterocycles. The molecule has 2 aromatic carbocycles. The van der Waals surface area contributed by atoms with Gasteiger partial charge in [-0.15, -0.1) is 35.0 Å². The van der Waals surface area contributed by atoms with Crippen molar-refractivity contribution in [3.63, 3.8) is 0 Å². The normalized spacial score (nSPS) is 12.3. The quantitative estimate of drug-likeness (QED) is 0.336. The molecule has 0 saturated heterocycles. The maximum atomic E-state index is 13.4. The molecule has 1 aliphatic rings. The van der Waals surface area contributed by atoms with E-state index >= 15 is 0 Å². The Hall–Kier alpha value is -2.76. The molecule has 4 rings (SSSR count). The highest BCUT2D eigenvalue weighted by molar-refractivity contribution is 7.14. The lowest BCUT2D eigenvalue weighted by Crippen LogP contribution is -2.49. The van der Waals surface area contributed by atoms with E-state index in [9.17, 15) is 9.59 Å². The van der Waals surface area contributed by atoms with Crippen molar-refractivity contribution in [3.8, 4) is 10.6 Å². The van der Waals surface area contributed by atoms with E-state index in [2.05, 4.69) is 46.8 Å². The molecular formula is C28H39Cl2N7O2S. The van der Waals surface area contributed by atoms with E-state index in [1.807, 2.05) is 49.2 Å². The van der Waals surface area contributed by atoms with Crippen molar-refractivity contribution in [2.24, 2.45) is 0 Å². The van der Waals surface area contributed by atoms with Gasteiger partial charge < -0.3 is 15.5 Å². The largest absolute Gasteiger partial charge is 0.376 e. The van der Waals surface area contributed by atoms with Gasteiger partial charge in [0, 0.05) is 50.5 Å². The molecule has 0 radical (unpaired) electrons. The number of carbonyl (C=O) groups excluding carboxylic acids is 2. The monoisotopic (exact) mass is 607 g/mol. The number of anilines is 1. The Bertz CT molecular complexity index is 1260. The Labute approximate surface area is 253 Å². The minimum atomic E-state index is -0.126. The van der Waals surface area contributed by atoms with Gasteiger partial charge >= 0.3 is 0 Å². The maximum absolute atomic E-state index is 13.4. The minimum Gasteiger partial charge on any atom is -0.376 e. The van der Waals surface area contributed by atoms with Gasteiger partial charge in [0.2, 0.25) is 5.91 Å². The summed E-state index contributed by atoms with van der Waals surface area (Å²) in [7, 11) is 1.78. The summed E-state index contributed by atoms with van der Waals surface area (Å²) in [5.74, 6) is -0.237. The van der Waals surface area contributed by atoms with Crippen molar-refractivity contribution in [2.75, 3.05) is 38.5 Å². The van der Waals surface area contributed by atoms with Crippen molar-refractivity contribution < 1.29 is 9.59 Å². The molecule has 12 heteroatoms. The van der Waals surface area contributed by atoms with E-state index < -0.39 is 0 Å². The number of hydrazine groups is 1. The number of rotatable bonds is 11. The SMILES string of the molecule is Cc1nnc(-c2ccc(C)c(NCC(=O)N(CCNC(C)C)CC(=O)N(C)N3Cc4ccccc4C3)c2)s1.Cl.Cl. The number of nitrogens with one attached hydrogen (secondary N) is 2. The lowest BCUT2D eigenvalue weighted by Gasteiger charge is -2.31. The average Bonchev–Trinajstić information content (AvgIpc) is 3.53. The lowest BCUT2D eigenvalue weighted by atomic mass is 10.1. The van der Waals surface area contributed by atoms with Crippen LogP contribution >= 0.6 is 36.2 Å². The van der Waals surface area contributed by atoms with E-state index in [0.717, 1.165) is 26.8 Å². The zero-order valence-electron chi connectivity index (χ0n) is 23.6. The van der Waals surface area contributed by atoms with E-state index in [1.54, 1.807) is 17.0 Å². The first kappa shape index (κ1) is 33.4. The molecule has 0 spiro atoms.